The molecule has 0 bridgehead atoms. The fourth-order valence-corrected chi connectivity index (χ4v) is 1.65. The lowest BCUT2D eigenvalue weighted by atomic mass is 9.97. The molecule has 0 amide bonds. The van der Waals surface area contributed by atoms with E-state index in [9.17, 15) is 0 Å². The molecular formula is C17H24. The van der Waals surface area contributed by atoms with E-state index in [-0.39, 0.29) is 0 Å². The Morgan fingerprint density at radius 2 is 1.94 bits per heavy atom. The third kappa shape index (κ3) is 5.04. The fourth-order valence-electron chi connectivity index (χ4n) is 1.65. The van der Waals surface area contributed by atoms with Crippen molar-refractivity contribution in [3.63, 3.8) is 0 Å². The minimum absolute atomic E-state index is 0.526. The van der Waals surface area contributed by atoms with Crippen LogP contribution in [0.2, 0.25) is 0 Å². The van der Waals surface area contributed by atoms with Crippen LogP contribution in [0.15, 0.2) is 59.3 Å². The van der Waals surface area contributed by atoms with Crippen molar-refractivity contribution in [3.8, 4) is 0 Å². The first-order valence-corrected chi connectivity index (χ1v) is 6.40. The van der Waals surface area contributed by atoms with E-state index in [2.05, 4.69) is 64.7 Å². The Kier molecular flexibility index (Phi) is 5.21. The van der Waals surface area contributed by atoms with Crippen molar-refractivity contribution < 1.29 is 0 Å². The number of rotatable bonds is 4. The molecule has 0 N–H and O–H groups in total. The summed E-state index contributed by atoms with van der Waals surface area (Å²) in [4.78, 5) is 0. The topological polar surface area (TPSA) is 0 Å². The van der Waals surface area contributed by atoms with Crippen LogP contribution < -0.4 is 0 Å². The third-order valence-electron chi connectivity index (χ3n) is 3.10. The fraction of sp³-hybridized carbons (Fsp3) is 0.412. The number of hydrogen-bond acceptors (Lipinski definition) is 0. The van der Waals surface area contributed by atoms with Crippen molar-refractivity contribution >= 4 is 0 Å². The van der Waals surface area contributed by atoms with Gasteiger partial charge in [-0.15, -0.1) is 0 Å². The van der Waals surface area contributed by atoms with Gasteiger partial charge in [-0.05, 0) is 38.2 Å². The highest BCUT2D eigenvalue weighted by atomic mass is 14.1. The van der Waals surface area contributed by atoms with Gasteiger partial charge in [-0.1, -0.05) is 67.5 Å². The van der Waals surface area contributed by atoms with Gasteiger partial charge in [0.1, 0.15) is 0 Å². The van der Waals surface area contributed by atoms with E-state index >= 15 is 0 Å². The van der Waals surface area contributed by atoms with E-state index in [0.29, 0.717) is 5.92 Å². The lowest BCUT2D eigenvalue weighted by Crippen LogP contribution is -1.89. The summed E-state index contributed by atoms with van der Waals surface area (Å²) < 4.78 is 0. The highest BCUT2D eigenvalue weighted by Gasteiger charge is 2.00. The van der Waals surface area contributed by atoms with Crippen molar-refractivity contribution in [2.24, 2.45) is 5.92 Å². The molecule has 0 aromatic rings. The summed E-state index contributed by atoms with van der Waals surface area (Å²) in [6.45, 7) is 12.7. The van der Waals surface area contributed by atoms with Gasteiger partial charge >= 0.3 is 0 Å². The summed E-state index contributed by atoms with van der Waals surface area (Å²) in [6, 6.07) is 0. The summed E-state index contributed by atoms with van der Waals surface area (Å²) in [6.07, 6.45) is 13.4. The predicted molar refractivity (Wildman–Crippen MR) is 77.9 cm³/mol. The van der Waals surface area contributed by atoms with Gasteiger partial charge in [0.2, 0.25) is 0 Å². The molecule has 92 valence electrons. The lowest BCUT2D eigenvalue weighted by Gasteiger charge is -2.09. The average molecular weight is 228 g/mol. The quantitative estimate of drug-likeness (QED) is 0.568. The van der Waals surface area contributed by atoms with Crippen molar-refractivity contribution in [3.05, 3.63) is 59.3 Å². The van der Waals surface area contributed by atoms with Gasteiger partial charge in [-0.3, -0.25) is 0 Å². The molecule has 0 atom stereocenters. The highest BCUT2D eigenvalue weighted by Crippen LogP contribution is 2.20. The average Bonchev–Trinajstić information content (AvgIpc) is 2.29. The molecule has 0 nitrogen and oxygen atoms in total. The molecule has 0 unspecified atom stereocenters. The van der Waals surface area contributed by atoms with Gasteiger partial charge < -0.3 is 0 Å². The van der Waals surface area contributed by atoms with E-state index in [4.69, 9.17) is 0 Å². The van der Waals surface area contributed by atoms with E-state index in [1.54, 1.807) is 0 Å². The standard InChI is InChI=1S/C17H24/c1-13(2)16(5)9-6-15(4)12-17-10-7-14(3)8-11-17/h6-7,9-10,12-13H,5,8,11H2,1-4H3/b9-6-,15-12-. The van der Waals surface area contributed by atoms with E-state index in [1.807, 2.05) is 0 Å². The maximum Gasteiger partial charge on any atom is -0.0225 e. The van der Waals surface area contributed by atoms with Gasteiger partial charge in [0.15, 0.2) is 0 Å². The van der Waals surface area contributed by atoms with Crippen LogP contribution in [0.3, 0.4) is 0 Å². The van der Waals surface area contributed by atoms with Crippen LogP contribution in [0.1, 0.15) is 40.5 Å². The molecule has 1 aliphatic carbocycles. The second-order valence-electron chi connectivity index (χ2n) is 5.21. The van der Waals surface area contributed by atoms with Crippen molar-refractivity contribution in [2.45, 2.75) is 40.5 Å². The molecule has 0 heterocycles. The molecule has 0 heteroatoms. The van der Waals surface area contributed by atoms with Gasteiger partial charge in [0, 0.05) is 0 Å². The molecule has 0 spiro atoms. The first-order chi connectivity index (χ1) is 7.99. The van der Waals surface area contributed by atoms with Crippen LogP contribution in [0.5, 0.6) is 0 Å². The van der Waals surface area contributed by atoms with Crippen LogP contribution in [0.25, 0.3) is 0 Å². The van der Waals surface area contributed by atoms with Crippen LogP contribution in [-0.2, 0) is 0 Å². The zero-order chi connectivity index (χ0) is 12.8. The summed E-state index contributed by atoms with van der Waals surface area (Å²) in [7, 11) is 0. The molecule has 1 rings (SSSR count). The van der Waals surface area contributed by atoms with E-state index < -0.39 is 0 Å². The first kappa shape index (κ1) is 13.8. The maximum absolute atomic E-state index is 4.04. The molecule has 0 saturated carbocycles. The first-order valence-electron chi connectivity index (χ1n) is 6.40. The van der Waals surface area contributed by atoms with Crippen molar-refractivity contribution in [2.75, 3.05) is 0 Å². The normalized spacial score (nSPS) is 17.4. The minimum Gasteiger partial charge on any atom is -0.0956 e. The molecule has 0 saturated heterocycles. The van der Waals surface area contributed by atoms with Crippen LogP contribution in [-0.4, -0.2) is 0 Å². The Hall–Kier alpha value is -1.30. The summed E-state index contributed by atoms with van der Waals surface area (Å²) in [5.41, 5.74) is 5.38. The Morgan fingerprint density at radius 1 is 1.24 bits per heavy atom. The molecule has 0 aromatic carbocycles. The molecule has 0 aromatic heterocycles. The van der Waals surface area contributed by atoms with E-state index in [0.717, 1.165) is 0 Å². The molecule has 0 aliphatic heterocycles. The van der Waals surface area contributed by atoms with Crippen molar-refractivity contribution in [1.82, 2.24) is 0 Å². The lowest BCUT2D eigenvalue weighted by molar-refractivity contribution is 0.795. The second kappa shape index (κ2) is 6.44. The van der Waals surface area contributed by atoms with E-state index in [1.165, 1.54) is 35.1 Å². The Balaban J connectivity index is 2.65. The van der Waals surface area contributed by atoms with Crippen molar-refractivity contribution in [1.29, 1.82) is 0 Å². The summed E-state index contributed by atoms with van der Waals surface area (Å²) in [5.74, 6) is 0.526. The molecule has 1 aliphatic rings. The zero-order valence-corrected chi connectivity index (χ0v) is 11.6. The Bertz CT molecular complexity index is 398. The van der Waals surface area contributed by atoms with Crippen LogP contribution in [0, 0.1) is 5.92 Å². The third-order valence-corrected chi connectivity index (χ3v) is 3.10. The maximum atomic E-state index is 4.04. The van der Waals surface area contributed by atoms with Gasteiger partial charge in [0.25, 0.3) is 0 Å². The van der Waals surface area contributed by atoms with Gasteiger partial charge in [-0.2, -0.15) is 0 Å². The molecular weight excluding hydrogens is 204 g/mol. The van der Waals surface area contributed by atoms with Crippen LogP contribution >= 0.6 is 0 Å². The number of allylic oxidation sites excluding steroid dienone is 9. The van der Waals surface area contributed by atoms with Crippen LogP contribution in [0.4, 0.5) is 0 Å². The van der Waals surface area contributed by atoms with Gasteiger partial charge in [0.05, 0.1) is 0 Å². The molecule has 17 heavy (non-hydrogen) atoms. The summed E-state index contributed by atoms with van der Waals surface area (Å²) >= 11 is 0. The SMILES string of the molecule is C=C(/C=C\C(C)=C/C1=CC=C(C)CC1)C(C)C. The predicted octanol–water partition coefficient (Wildman–Crippen LogP) is 5.37. The highest BCUT2D eigenvalue weighted by molar-refractivity contribution is 5.36. The number of hydrogen-bond donors (Lipinski definition) is 0. The summed E-state index contributed by atoms with van der Waals surface area (Å²) in [5, 5.41) is 0. The largest absolute Gasteiger partial charge is 0.0956 e. The van der Waals surface area contributed by atoms with Gasteiger partial charge in [-0.25, -0.2) is 0 Å². The Labute approximate surface area is 106 Å². The minimum atomic E-state index is 0.526. The Morgan fingerprint density at radius 3 is 2.47 bits per heavy atom. The monoisotopic (exact) mass is 228 g/mol. The smallest absolute Gasteiger partial charge is 0.0225 e. The second-order valence-corrected chi connectivity index (χ2v) is 5.21. The zero-order valence-electron chi connectivity index (χ0n) is 11.6. The molecule has 0 radical (unpaired) electrons. The molecule has 0 fully saturated rings.